The zero-order valence-corrected chi connectivity index (χ0v) is 19.5. The van der Waals surface area contributed by atoms with Gasteiger partial charge in [-0.1, -0.05) is 30.4 Å². The number of nitrogens with zero attached hydrogens (tertiary/aromatic N) is 4. The zero-order valence-electron chi connectivity index (χ0n) is 19.5. The lowest BCUT2D eigenvalue weighted by atomic mass is 9.94. The second-order valence-corrected chi connectivity index (χ2v) is 9.80. The van der Waals surface area contributed by atoms with Crippen molar-refractivity contribution in [2.24, 2.45) is 4.99 Å². The molecule has 0 spiro atoms. The number of piperazine rings is 1. The second-order valence-electron chi connectivity index (χ2n) is 9.80. The molecule has 3 atom stereocenters. The molecule has 35 heavy (non-hydrogen) atoms. The minimum Gasteiger partial charge on any atom is -0.629 e. The van der Waals surface area contributed by atoms with E-state index in [0.29, 0.717) is 12.6 Å². The third-order valence-corrected chi connectivity index (χ3v) is 7.64. The Kier molecular flexibility index (Phi) is 5.03. The largest absolute Gasteiger partial charge is 0.629 e. The molecule has 3 unspecified atom stereocenters. The van der Waals surface area contributed by atoms with Gasteiger partial charge in [-0.25, -0.2) is 0 Å². The molecule has 7 nitrogen and oxygen atoms in total. The van der Waals surface area contributed by atoms with Crippen LogP contribution in [0, 0.1) is 5.21 Å². The Morgan fingerprint density at radius 3 is 2.83 bits per heavy atom. The maximum absolute atomic E-state index is 12.7. The van der Waals surface area contributed by atoms with Crippen molar-refractivity contribution in [1.29, 1.82) is 0 Å². The number of quaternary nitrogens is 1. The van der Waals surface area contributed by atoms with E-state index in [1.165, 1.54) is 16.8 Å². The fourth-order valence-electron chi connectivity index (χ4n) is 5.73. The van der Waals surface area contributed by atoms with Gasteiger partial charge in [-0.05, 0) is 41.5 Å². The fraction of sp³-hybridized carbons (Fsp3) is 0.286. The summed E-state index contributed by atoms with van der Waals surface area (Å²) in [6.45, 7) is 5.44. The Bertz CT molecular complexity index is 1320. The van der Waals surface area contributed by atoms with Crippen LogP contribution in [0.15, 0.2) is 94.9 Å². The van der Waals surface area contributed by atoms with Crippen LogP contribution in [0.3, 0.4) is 0 Å². The first-order chi connectivity index (χ1) is 17.2. The van der Waals surface area contributed by atoms with Crippen molar-refractivity contribution >= 4 is 17.1 Å². The third-order valence-electron chi connectivity index (χ3n) is 7.64. The number of hydrogen-bond donors (Lipinski definition) is 2. The van der Waals surface area contributed by atoms with Crippen molar-refractivity contribution in [2.45, 2.75) is 18.6 Å². The summed E-state index contributed by atoms with van der Waals surface area (Å²) in [5.74, 6) is 0. The molecule has 2 fully saturated rings. The highest BCUT2D eigenvalue weighted by molar-refractivity contribution is 6.11. The predicted molar refractivity (Wildman–Crippen MR) is 138 cm³/mol. The molecular weight excluding hydrogens is 436 g/mol. The molecule has 7 rings (SSSR count). The Morgan fingerprint density at radius 2 is 1.97 bits per heavy atom. The van der Waals surface area contributed by atoms with Crippen LogP contribution in [-0.4, -0.2) is 54.4 Å². The van der Waals surface area contributed by atoms with E-state index in [9.17, 15) is 5.21 Å². The highest BCUT2D eigenvalue weighted by Crippen LogP contribution is 2.45. The van der Waals surface area contributed by atoms with Crippen LogP contribution in [0.1, 0.15) is 17.2 Å². The van der Waals surface area contributed by atoms with Crippen LogP contribution in [-0.2, 0) is 6.54 Å². The van der Waals surface area contributed by atoms with E-state index in [1.807, 2.05) is 42.8 Å². The maximum atomic E-state index is 12.7. The topological polar surface area (TPSA) is 81.2 Å². The fourth-order valence-corrected chi connectivity index (χ4v) is 5.73. The van der Waals surface area contributed by atoms with Crippen LogP contribution < -0.4 is 15.3 Å². The summed E-state index contributed by atoms with van der Waals surface area (Å²) in [7, 11) is 0. The molecule has 176 valence electrons. The lowest BCUT2D eigenvalue weighted by Crippen LogP contribution is -3.03. The first kappa shape index (κ1) is 21.0. The highest BCUT2D eigenvalue weighted by Gasteiger charge is 2.48. The molecular formula is C28H28N6O. The smallest absolute Gasteiger partial charge is 0.139 e. The molecule has 1 aliphatic carbocycles. The van der Waals surface area contributed by atoms with Gasteiger partial charge in [-0.15, -0.1) is 0 Å². The number of pyridine rings is 1. The van der Waals surface area contributed by atoms with Crippen molar-refractivity contribution in [3.05, 3.63) is 106 Å². The summed E-state index contributed by atoms with van der Waals surface area (Å²) in [6.07, 6.45) is 13.7. The summed E-state index contributed by atoms with van der Waals surface area (Å²) >= 11 is 0. The van der Waals surface area contributed by atoms with Gasteiger partial charge in [0.1, 0.15) is 12.2 Å². The normalized spacial score (nSPS) is 27.1. The Morgan fingerprint density at radius 1 is 1.06 bits per heavy atom. The molecule has 0 saturated carbocycles. The van der Waals surface area contributed by atoms with Crippen LogP contribution in [0.2, 0.25) is 0 Å². The first-order valence-electron chi connectivity index (χ1n) is 12.4. The summed E-state index contributed by atoms with van der Waals surface area (Å²) in [5, 5.41) is 16.5. The molecule has 2 N–H and O–H groups in total. The molecule has 7 heteroatoms. The van der Waals surface area contributed by atoms with Crippen LogP contribution >= 0.6 is 0 Å². The van der Waals surface area contributed by atoms with Crippen LogP contribution in [0.4, 0.5) is 11.4 Å². The second kappa shape index (κ2) is 8.39. The minimum atomic E-state index is 0.190. The van der Waals surface area contributed by atoms with E-state index in [1.54, 1.807) is 0 Å². The van der Waals surface area contributed by atoms with Gasteiger partial charge in [-0.3, -0.25) is 20.2 Å². The van der Waals surface area contributed by atoms with Gasteiger partial charge in [0.15, 0.2) is 0 Å². The van der Waals surface area contributed by atoms with Crippen molar-refractivity contribution in [1.82, 2.24) is 15.2 Å². The molecule has 2 saturated heterocycles. The van der Waals surface area contributed by atoms with Crippen LogP contribution in [0.25, 0.3) is 0 Å². The number of allylic oxidation sites excluding steroid dienone is 5. The number of aliphatic imine (C=N–C) groups is 1. The summed E-state index contributed by atoms with van der Waals surface area (Å²) < 4.78 is 0. The summed E-state index contributed by atoms with van der Waals surface area (Å²) in [5.41, 5.74) is 8.77. The average molecular weight is 465 g/mol. The lowest BCUT2D eigenvalue weighted by Gasteiger charge is -2.36. The number of benzene rings is 1. The van der Waals surface area contributed by atoms with Gasteiger partial charge >= 0.3 is 0 Å². The van der Waals surface area contributed by atoms with Gasteiger partial charge in [-0.2, -0.15) is 0 Å². The lowest BCUT2D eigenvalue weighted by molar-refractivity contribution is -0.791. The van der Waals surface area contributed by atoms with Crippen molar-refractivity contribution in [2.75, 3.05) is 37.6 Å². The van der Waals surface area contributed by atoms with E-state index >= 15 is 0 Å². The minimum absolute atomic E-state index is 0.190. The van der Waals surface area contributed by atoms with Crippen molar-refractivity contribution in [3.8, 4) is 0 Å². The predicted octanol–water partition coefficient (Wildman–Crippen LogP) is 2.21. The number of anilines is 1. The maximum Gasteiger partial charge on any atom is 0.139 e. The van der Waals surface area contributed by atoms with E-state index in [-0.39, 0.29) is 11.1 Å². The molecule has 0 amide bonds. The molecule has 2 aromatic rings. The Balaban J connectivity index is 1.13. The quantitative estimate of drug-likeness (QED) is 0.536. The summed E-state index contributed by atoms with van der Waals surface area (Å²) in [4.78, 5) is 14.3. The molecule has 0 radical (unpaired) electrons. The van der Waals surface area contributed by atoms with Crippen LogP contribution in [0.5, 0.6) is 0 Å². The van der Waals surface area contributed by atoms with E-state index in [0.717, 1.165) is 61.0 Å². The van der Waals surface area contributed by atoms with Crippen molar-refractivity contribution < 1.29 is 5.06 Å². The number of rotatable bonds is 4. The van der Waals surface area contributed by atoms with Gasteiger partial charge in [0, 0.05) is 62.0 Å². The Labute approximate surface area is 205 Å². The summed E-state index contributed by atoms with van der Waals surface area (Å²) in [6, 6.07) is 11.4. The van der Waals surface area contributed by atoms with Gasteiger partial charge < -0.3 is 15.2 Å². The van der Waals surface area contributed by atoms with Gasteiger partial charge in [0.2, 0.25) is 0 Å². The molecule has 0 bridgehead atoms. The SMILES string of the molecule is [O-][NH+]1CC(C2=Nc3cc(N4CCN(Cc5cccnc5)CC4)ccc3C3NC23)=C2C=CC=CC=C21. The van der Waals surface area contributed by atoms with E-state index in [2.05, 4.69) is 50.4 Å². The highest BCUT2D eigenvalue weighted by atomic mass is 16.5. The standard InChI is InChI=1S/C28H28N6O/c35-34-18-23(21-6-2-1-3-7-25(21)34)27-28-26(31-28)22-9-8-20(15-24(22)30-27)33-13-11-32(12-14-33)17-19-5-4-10-29-16-19/h1-10,15-16,26,28,31,34H,11-14,17-18H2. The van der Waals surface area contributed by atoms with E-state index < -0.39 is 0 Å². The number of aromatic nitrogens is 1. The number of hydrogen-bond acceptors (Lipinski definition) is 6. The Hall–Kier alpha value is -3.36. The molecule has 4 aliphatic heterocycles. The monoisotopic (exact) mass is 464 g/mol. The molecule has 5 heterocycles. The molecule has 1 aromatic carbocycles. The van der Waals surface area contributed by atoms with Gasteiger partial charge in [0.25, 0.3) is 0 Å². The van der Waals surface area contributed by atoms with E-state index in [4.69, 9.17) is 4.99 Å². The van der Waals surface area contributed by atoms with Crippen molar-refractivity contribution in [3.63, 3.8) is 0 Å². The number of hydroxylamine groups is 2. The third kappa shape index (κ3) is 3.77. The average Bonchev–Trinajstić information content (AvgIpc) is 3.68. The number of nitrogens with one attached hydrogen (secondary N) is 2. The molecule has 5 aliphatic rings. The first-order valence-corrected chi connectivity index (χ1v) is 12.4. The number of fused-ring (bicyclic) bond motifs is 4. The molecule has 1 aromatic heterocycles. The van der Waals surface area contributed by atoms with Gasteiger partial charge in [0.05, 0.1) is 23.5 Å². The zero-order chi connectivity index (χ0) is 23.4.